The first-order valence-corrected chi connectivity index (χ1v) is 15.1. The van der Waals surface area contributed by atoms with E-state index in [0.29, 0.717) is 32.7 Å². The summed E-state index contributed by atoms with van der Waals surface area (Å²) < 4.78 is 0. The summed E-state index contributed by atoms with van der Waals surface area (Å²) in [6.07, 6.45) is 10.2. The molecule has 1 aliphatic rings. The molecular weight excluding hydrogens is 482 g/mol. The van der Waals surface area contributed by atoms with E-state index >= 15 is 0 Å². The van der Waals surface area contributed by atoms with Crippen molar-refractivity contribution in [2.24, 2.45) is 5.73 Å². The summed E-state index contributed by atoms with van der Waals surface area (Å²) in [6.45, 7) is 17.5. The third-order valence-corrected chi connectivity index (χ3v) is 6.70. The molecule has 2 aromatic rings. The van der Waals surface area contributed by atoms with Gasteiger partial charge >= 0.3 is 0 Å². The lowest BCUT2D eigenvalue weighted by molar-refractivity contribution is -0.137. The number of hydrogen-bond donors (Lipinski definition) is 1. The summed E-state index contributed by atoms with van der Waals surface area (Å²) in [5, 5.41) is 0. The van der Waals surface area contributed by atoms with E-state index in [2.05, 4.69) is 83.1 Å². The van der Waals surface area contributed by atoms with E-state index < -0.39 is 0 Å². The maximum absolute atomic E-state index is 10.9. The van der Waals surface area contributed by atoms with E-state index in [1.165, 1.54) is 54.4 Å². The zero-order chi connectivity index (χ0) is 29.5. The quantitative estimate of drug-likeness (QED) is 0.361. The second-order valence-corrected chi connectivity index (χ2v) is 10.0. The van der Waals surface area contributed by atoms with Crippen molar-refractivity contribution in [3.63, 3.8) is 0 Å². The van der Waals surface area contributed by atoms with Crippen LogP contribution in [0.4, 0.5) is 0 Å². The molecule has 1 saturated heterocycles. The predicted octanol–water partition coefficient (Wildman–Crippen LogP) is 7.19. The van der Waals surface area contributed by atoms with Gasteiger partial charge in [-0.3, -0.25) is 9.59 Å². The second kappa shape index (κ2) is 23.2. The molecule has 0 aliphatic carbocycles. The minimum Gasteiger partial charge on any atom is -0.339 e. The van der Waals surface area contributed by atoms with Crippen LogP contribution in [-0.4, -0.2) is 47.8 Å². The van der Waals surface area contributed by atoms with Gasteiger partial charge in [0.15, 0.2) is 0 Å². The van der Waals surface area contributed by atoms with Gasteiger partial charge in [0.25, 0.3) is 0 Å². The molecule has 39 heavy (non-hydrogen) atoms. The molecule has 0 atom stereocenters. The summed E-state index contributed by atoms with van der Waals surface area (Å²) in [4.78, 5) is 25.3. The van der Waals surface area contributed by atoms with Crippen LogP contribution in [0.15, 0.2) is 48.5 Å². The summed E-state index contributed by atoms with van der Waals surface area (Å²) >= 11 is 0. The fourth-order valence-corrected chi connectivity index (χ4v) is 4.11. The highest BCUT2D eigenvalue weighted by Crippen LogP contribution is 2.07. The molecule has 3 rings (SSSR count). The van der Waals surface area contributed by atoms with E-state index in [1.54, 1.807) is 23.6 Å². The van der Waals surface area contributed by atoms with Crippen LogP contribution in [0.1, 0.15) is 103 Å². The zero-order valence-corrected chi connectivity index (χ0v) is 26.1. The second-order valence-electron chi connectivity index (χ2n) is 10.0. The Balaban J connectivity index is 0.000000507. The van der Waals surface area contributed by atoms with Crippen LogP contribution >= 0.6 is 0 Å². The normalized spacial score (nSPS) is 12.2. The first-order valence-electron chi connectivity index (χ1n) is 15.1. The minimum atomic E-state index is 0.0956. The standard InChI is InChI=1S/C10H15N.C10H14.C8H14N2O2.C6H14/c1-2-4-9-5-3-6-10(7-9)8-11;1-3-9-6-5-7-10(4-2)8-9;1-7(11)9-3-5-10(6-4-9)8(2)12;1-3-5-6-4-2/h3,5-7H,2,4,8,11H2,1H3;5-8H,3-4H2,1-2H3;3-6H2,1-2H3;3-6H2,1-2H3. The Kier molecular flexibility index (Phi) is 21.7. The van der Waals surface area contributed by atoms with Crippen molar-refractivity contribution < 1.29 is 9.59 Å². The number of nitrogens with zero attached hydrogens (tertiary/aromatic N) is 2. The van der Waals surface area contributed by atoms with Gasteiger partial charge in [-0.05, 0) is 41.5 Å². The molecule has 0 unspecified atom stereocenters. The van der Waals surface area contributed by atoms with E-state index in [0.717, 1.165) is 19.3 Å². The van der Waals surface area contributed by atoms with Gasteiger partial charge in [-0.2, -0.15) is 0 Å². The maximum Gasteiger partial charge on any atom is 0.219 e. The number of aryl methyl sites for hydroxylation is 3. The average Bonchev–Trinajstić information content (AvgIpc) is 2.97. The van der Waals surface area contributed by atoms with Gasteiger partial charge in [-0.25, -0.2) is 0 Å². The van der Waals surface area contributed by atoms with Crippen LogP contribution in [0.2, 0.25) is 0 Å². The number of benzene rings is 2. The molecule has 0 spiro atoms. The Morgan fingerprint density at radius 1 is 0.641 bits per heavy atom. The largest absolute Gasteiger partial charge is 0.339 e. The van der Waals surface area contributed by atoms with Crippen molar-refractivity contribution in [3.05, 3.63) is 70.8 Å². The number of piperazine rings is 1. The van der Waals surface area contributed by atoms with Gasteiger partial charge in [0.2, 0.25) is 11.8 Å². The molecule has 220 valence electrons. The average molecular weight is 540 g/mol. The summed E-state index contributed by atoms with van der Waals surface area (Å²) in [6, 6.07) is 17.3. The van der Waals surface area contributed by atoms with Gasteiger partial charge in [-0.15, -0.1) is 0 Å². The lowest BCUT2D eigenvalue weighted by Gasteiger charge is -2.33. The number of carbonyl (C=O) groups is 2. The highest BCUT2D eigenvalue weighted by atomic mass is 16.2. The van der Waals surface area contributed by atoms with Gasteiger partial charge in [0, 0.05) is 46.6 Å². The molecule has 5 heteroatoms. The number of unbranched alkanes of at least 4 members (excludes halogenated alkanes) is 3. The molecule has 1 heterocycles. The molecule has 1 fully saturated rings. The third kappa shape index (κ3) is 17.5. The van der Waals surface area contributed by atoms with Gasteiger partial charge in [0.1, 0.15) is 0 Å². The van der Waals surface area contributed by atoms with E-state index in [4.69, 9.17) is 5.73 Å². The molecule has 2 amide bonds. The van der Waals surface area contributed by atoms with Crippen LogP contribution in [0.3, 0.4) is 0 Å². The van der Waals surface area contributed by atoms with Crippen molar-refractivity contribution in [1.82, 2.24) is 9.80 Å². The van der Waals surface area contributed by atoms with Crippen LogP contribution in [-0.2, 0) is 35.4 Å². The zero-order valence-electron chi connectivity index (χ0n) is 26.1. The van der Waals surface area contributed by atoms with E-state index in [1.807, 2.05) is 0 Å². The monoisotopic (exact) mass is 539 g/mol. The topological polar surface area (TPSA) is 66.6 Å². The lowest BCUT2D eigenvalue weighted by Crippen LogP contribution is -2.49. The molecular formula is C34H57N3O2. The predicted molar refractivity (Wildman–Crippen MR) is 168 cm³/mol. The molecule has 0 radical (unpaired) electrons. The third-order valence-electron chi connectivity index (χ3n) is 6.70. The lowest BCUT2D eigenvalue weighted by atomic mass is 10.1. The fourth-order valence-electron chi connectivity index (χ4n) is 4.11. The molecule has 0 aromatic heterocycles. The highest BCUT2D eigenvalue weighted by molar-refractivity contribution is 5.75. The number of amides is 2. The highest BCUT2D eigenvalue weighted by Gasteiger charge is 2.19. The van der Waals surface area contributed by atoms with Crippen molar-refractivity contribution in [3.8, 4) is 0 Å². The van der Waals surface area contributed by atoms with Gasteiger partial charge < -0.3 is 15.5 Å². The Hall–Kier alpha value is -2.66. The number of carbonyl (C=O) groups excluding carboxylic acids is 2. The molecule has 5 nitrogen and oxygen atoms in total. The molecule has 1 aliphatic heterocycles. The van der Waals surface area contributed by atoms with Crippen molar-refractivity contribution in [1.29, 1.82) is 0 Å². The first kappa shape index (κ1) is 36.3. The number of hydrogen-bond acceptors (Lipinski definition) is 3. The Morgan fingerprint density at radius 3 is 1.36 bits per heavy atom. The number of rotatable bonds is 8. The Morgan fingerprint density at radius 2 is 1.03 bits per heavy atom. The Labute approximate surface area is 240 Å². The van der Waals surface area contributed by atoms with Gasteiger partial charge in [-0.1, -0.05) is 115 Å². The summed E-state index contributed by atoms with van der Waals surface area (Å²) in [7, 11) is 0. The minimum absolute atomic E-state index is 0.0956. The van der Waals surface area contributed by atoms with Gasteiger partial charge in [0.05, 0.1) is 0 Å². The molecule has 2 aromatic carbocycles. The van der Waals surface area contributed by atoms with Crippen LogP contribution < -0.4 is 5.73 Å². The van der Waals surface area contributed by atoms with Crippen LogP contribution in [0, 0.1) is 0 Å². The maximum atomic E-state index is 10.9. The summed E-state index contributed by atoms with van der Waals surface area (Å²) in [5.41, 5.74) is 11.0. The smallest absolute Gasteiger partial charge is 0.219 e. The molecule has 0 bridgehead atoms. The molecule has 0 saturated carbocycles. The van der Waals surface area contributed by atoms with E-state index in [9.17, 15) is 9.59 Å². The number of nitrogens with two attached hydrogens (primary N) is 1. The van der Waals surface area contributed by atoms with Crippen LogP contribution in [0.5, 0.6) is 0 Å². The van der Waals surface area contributed by atoms with Crippen molar-refractivity contribution in [2.75, 3.05) is 26.2 Å². The van der Waals surface area contributed by atoms with Crippen molar-refractivity contribution in [2.45, 2.75) is 106 Å². The van der Waals surface area contributed by atoms with Crippen molar-refractivity contribution >= 4 is 11.8 Å². The Bertz CT molecular complexity index is 860. The SMILES string of the molecule is CC(=O)N1CCN(C(C)=O)CC1.CCCCCC.CCCc1cccc(CN)c1.CCc1cccc(CC)c1. The fraction of sp³-hybridized carbons (Fsp3) is 0.588. The van der Waals surface area contributed by atoms with E-state index in [-0.39, 0.29) is 11.8 Å². The molecule has 2 N–H and O–H groups in total. The van der Waals surface area contributed by atoms with Crippen LogP contribution in [0.25, 0.3) is 0 Å². The summed E-state index contributed by atoms with van der Waals surface area (Å²) in [5.74, 6) is 0.191. The first-order chi connectivity index (χ1) is 18.8.